The predicted molar refractivity (Wildman–Crippen MR) is 57.7 cm³/mol. The normalized spacial score (nSPS) is 17.0. The number of aromatic nitrogens is 1. The lowest BCUT2D eigenvalue weighted by molar-refractivity contribution is 0.141. The molecule has 14 heavy (non-hydrogen) atoms. The summed E-state index contributed by atoms with van der Waals surface area (Å²) in [4.78, 5) is 8.41. The van der Waals surface area contributed by atoms with Crippen molar-refractivity contribution in [1.82, 2.24) is 9.88 Å². The van der Waals surface area contributed by atoms with Crippen molar-refractivity contribution in [1.29, 1.82) is 0 Å². The van der Waals surface area contributed by atoms with E-state index >= 15 is 0 Å². The number of hydrogen-bond acceptors (Lipinski definition) is 4. The first-order valence-corrected chi connectivity index (χ1v) is 5.77. The lowest BCUT2D eigenvalue weighted by Crippen LogP contribution is -2.32. The van der Waals surface area contributed by atoms with E-state index in [0.717, 1.165) is 32.7 Å². The molecule has 1 aliphatic rings. The summed E-state index contributed by atoms with van der Waals surface area (Å²) in [7, 11) is 1.76. The molecule has 1 aliphatic heterocycles. The lowest BCUT2D eigenvalue weighted by atomic mass is 10.2. The number of aryl methyl sites for hydroxylation is 1. The van der Waals surface area contributed by atoms with Crippen molar-refractivity contribution < 1.29 is 4.74 Å². The van der Waals surface area contributed by atoms with E-state index in [1.54, 1.807) is 7.11 Å². The molecule has 0 saturated carbocycles. The molecule has 0 radical (unpaired) electrons. The quantitative estimate of drug-likeness (QED) is 0.758. The van der Waals surface area contributed by atoms with Gasteiger partial charge < -0.3 is 4.74 Å². The van der Waals surface area contributed by atoms with Gasteiger partial charge in [0.1, 0.15) is 0 Å². The Morgan fingerprint density at radius 3 is 3.21 bits per heavy atom. The Bertz CT molecular complexity index is 311. The van der Waals surface area contributed by atoms with Crippen molar-refractivity contribution in [3.63, 3.8) is 0 Å². The smallest absolute Gasteiger partial charge is 0.0900 e. The molecule has 0 saturated heterocycles. The highest BCUT2D eigenvalue weighted by Gasteiger charge is 2.18. The van der Waals surface area contributed by atoms with Gasteiger partial charge in [-0.25, -0.2) is 4.98 Å². The highest BCUT2D eigenvalue weighted by molar-refractivity contribution is 7.11. The zero-order valence-electron chi connectivity index (χ0n) is 8.75. The van der Waals surface area contributed by atoms with Crippen LogP contribution in [-0.2, 0) is 17.7 Å². The van der Waals surface area contributed by atoms with Crippen LogP contribution in [0.5, 0.6) is 0 Å². The second-order valence-corrected chi connectivity index (χ2v) is 4.91. The minimum atomic E-state index is 0.827. The van der Waals surface area contributed by atoms with Crippen LogP contribution in [0.1, 0.15) is 15.6 Å². The van der Waals surface area contributed by atoms with Crippen molar-refractivity contribution in [2.45, 2.75) is 19.9 Å². The van der Waals surface area contributed by atoms with E-state index in [1.165, 1.54) is 15.6 Å². The van der Waals surface area contributed by atoms with Crippen molar-refractivity contribution in [3.8, 4) is 0 Å². The van der Waals surface area contributed by atoms with Crippen molar-refractivity contribution in [3.05, 3.63) is 15.6 Å². The van der Waals surface area contributed by atoms with Crippen LogP contribution in [0.15, 0.2) is 0 Å². The molecule has 78 valence electrons. The Balaban J connectivity index is 1.98. The van der Waals surface area contributed by atoms with E-state index in [0.29, 0.717) is 0 Å². The lowest BCUT2D eigenvalue weighted by Gasteiger charge is -2.25. The summed E-state index contributed by atoms with van der Waals surface area (Å²) in [5.41, 5.74) is 1.32. The Hall–Kier alpha value is -0.450. The summed E-state index contributed by atoms with van der Waals surface area (Å²) in [6.45, 7) is 6.13. The maximum absolute atomic E-state index is 5.08. The van der Waals surface area contributed by atoms with Gasteiger partial charge in [0, 0.05) is 38.0 Å². The van der Waals surface area contributed by atoms with Gasteiger partial charge in [0.25, 0.3) is 0 Å². The zero-order chi connectivity index (χ0) is 9.97. The summed E-state index contributed by atoms with van der Waals surface area (Å²) in [5.74, 6) is 0. The first-order chi connectivity index (χ1) is 6.79. The van der Waals surface area contributed by atoms with E-state index < -0.39 is 0 Å². The third-order valence-corrected chi connectivity index (χ3v) is 3.53. The van der Waals surface area contributed by atoms with Gasteiger partial charge in [-0.1, -0.05) is 0 Å². The maximum atomic E-state index is 5.08. The molecular formula is C10H16N2OS. The number of hydrogen-bond donors (Lipinski definition) is 0. The summed E-state index contributed by atoms with van der Waals surface area (Å²) >= 11 is 1.83. The molecule has 0 aliphatic carbocycles. The molecule has 0 amide bonds. The standard InChI is InChI=1S/C10H16N2OS/c1-8-11-9-3-4-12(5-6-13-2)7-10(9)14-8/h3-7H2,1-2H3. The SMILES string of the molecule is COCCN1CCc2nc(C)sc2C1. The summed E-state index contributed by atoms with van der Waals surface area (Å²) in [6, 6.07) is 0. The van der Waals surface area contributed by atoms with Crippen LogP contribution in [-0.4, -0.2) is 36.7 Å². The molecule has 0 N–H and O–H groups in total. The van der Waals surface area contributed by atoms with E-state index in [1.807, 2.05) is 11.3 Å². The van der Waals surface area contributed by atoms with Gasteiger partial charge in [0.05, 0.1) is 17.3 Å². The number of ether oxygens (including phenoxy) is 1. The molecule has 0 bridgehead atoms. The van der Waals surface area contributed by atoms with Crippen molar-refractivity contribution in [2.75, 3.05) is 26.8 Å². The minimum Gasteiger partial charge on any atom is -0.383 e. The molecule has 0 unspecified atom stereocenters. The van der Waals surface area contributed by atoms with Crippen LogP contribution < -0.4 is 0 Å². The molecular weight excluding hydrogens is 196 g/mol. The largest absolute Gasteiger partial charge is 0.383 e. The highest BCUT2D eigenvalue weighted by Crippen LogP contribution is 2.24. The second-order valence-electron chi connectivity index (χ2n) is 3.62. The number of fused-ring (bicyclic) bond motifs is 1. The third-order valence-electron chi connectivity index (χ3n) is 2.53. The number of thiazole rings is 1. The topological polar surface area (TPSA) is 25.4 Å². The van der Waals surface area contributed by atoms with Crippen LogP contribution in [0, 0.1) is 6.92 Å². The second kappa shape index (κ2) is 4.38. The maximum Gasteiger partial charge on any atom is 0.0900 e. The van der Waals surface area contributed by atoms with Crippen molar-refractivity contribution in [2.24, 2.45) is 0 Å². The van der Waals surface area contributed by atoms with Crippen LogP contribution in [0.3, 0.4) is 0 Å². The molecule has 0 fully saturated rings. The Morgan fingerprint density at radius 2 is 2.43 bits per heavy atom. The highest BCUT2D eigenvalue weighted by atomic mass is 32.1. The predicted octanol–water partition coefficient (Wildman–Crippen LogP) is 1.46. The van der Waals surface area contributed by atoms with Crippen LogP contribution in [0.25, 0.3) is 0 Å². The van der Waals surface area contributed by atoms with Gasteiger partial charge >= 0.3 is 0 Å². The first-order valence-electron chi connectivity index (χ1n) is 4.96. The van der Waals surface area contributed by atoms with E-state index in [9.17, 15) is 0 Å². The average molecular weight is 212 g/mol. The van der Waals surface area contributed by atoms with Gasteiger partial charge in [-0.2, -0.15) is 0 Å². The molecule has 0 spiro atoms. The monoisotopic (exact) mass is 212 g/mol. The zero-order valence-corrected chi connectivity index (χ0v) is 9.56. The summed E-state index contributed by atoms with van der Waals surface area (Å²) in [5, 5.41) is 1.20. The van der Waals surface area contributed by atoms with Crippen molar-refractivity contribution >= 4 is 11.3 Å². The minimum absolute atomic E-state index is 0.827. The average Bonchev–Trinajstić information content (AvgIpc) is 2.54. The summed E-state index contributed by atoms with van der Waals surface area (Å²) in [6.07, 6.45) is 1.10. The molecule has 3 nitrogen and oxygen atoms in total. The van der Waals surface area contributed by atoms with Gasteiger partial charge in [-0.3, -0.25) is 4.90 Å². The molecule has 2 rings (SSSR count). The first kappa shape index (κ1) is 10.1. The number of methoxy groups -OCH3 is 1. The van der Waals surface area contributed by atoms with Gasteiger partial charge in [0.15, 0.2) is 0 Å². The van der Waals surface area contributed by atoms with E-state index in [2.05, 4.69) is 16.8 Å². The van der Waals surface area contributed by atoms with Gasteiger partial charge in [-0.05, 0) is 6.92 Å². The number of nitrogens with zero attached hydrogens (tertiary/aromatic N) is 2. The number of rotatable bonds is 3. The fraction of sp³-hybridized carbons (Fsp3) is 0.700. The fourth-order valence-corrected chi connectivity index (χ4v) is 2.81. The molecule has 1 aromatic rings. The van der Waals surface area contributed by atoms with Crippen LogP contribution >= 0.6 is 11.3 Å². The molecule has 0 aromatic carbocycles. The molecule has 0 atom stereocenters. The summed E-state index contributed by atoms with van der Waals surface area (Å²) < 4.78 is 5.08. The Morgan fingerprint density at radius 1 is 1.57 bits per heavy atom. The van der Waals surface area contributed by atoms with Crippen LogP contribution in [0.4, 0.5) is 0 Å². The molecule has 4 heteroatoms. The van der Waals surface area contributed by atoms with Gasteiger partial charge in [0.2, 0.25) is 0 Å². The van der Waals surface area contributed by atoms with E-state index in [4.69, 9.17) is 4.74 Å². The van der Waals surface area contributed by atoms with Gasteiger partial charge in [-0.15, -0.1) is 11.3 Å². The fourth-order valence-electron chi connectivity index (χ4n) is 1.79. The van der Waals surface area contributed by atoms with Crippen LogP contribution in [0.2, 0.25) is 0 Å². The Kier molecular flexibility index (Phi) is 3.15. The Labute approximate surface area is 88.7 Å². The van der Waals surface area contributed by atoms with E-state index in [-0.39, 0.29) is 0 Å². The molecule has 1 aromatic heterocycles. The third kappa shape index (κ3) is 2.13. The molecule has 2 heterocycles.